The van der Waals surface area contributed by atoms with Crippen molar-refractivity contribution in [3.63, 3.8) is 0 Å². The standard InChI is InChI=1S/C8H5NO2.3ClH/c10-6-9-8(11)7-4-2-1-3-5-7;;;/h1-5H;3*1H. The molecule has 0 spiro atoms. The molecule has 0 aliphatic carbocycles. The first-order chi connectivity index (χ1) is 5.34. The van der Waals surface area contributed by atoms with E-state index in [0.29, 0.717) is 5.56 Å². The van der Waals surface area contributed by atoms with Gasteiger partial charge in [0.2, 0.25) is 6.08 Å². The molecule has 1 aromatic carbocycles. The second kappa shape index (κ2) is 10.2. The van der Waals surface area contributed by atoms with E-state index in [0.717, 1.165) is 0 Å². The van der Waals surface area contributed by atoms with Crippen molar-refractivity contribution in [3.05, 3.63) is 35.9 Å². The highest BCUT2D eigenvalue weighted by Crippen LogP contribution is 1.99. The maximum Gasteiger partial charge on any atom is 0.287 e. The lowest BCUT2D eigenvalue weighted by atomic mass is 10.2. The van der Waals surface area contributed by atoms with Gasteiger partial charge in [-0.05, 0) is 12.1 Å². The highest BCUT2D eigenvalue weighted by Gasteiger charge is 1.99. The summed E-state index contributed by atoms with van der Waals surface area (Å²) in [7, 11) is 0. The molecule has 0 aliphatic rings. The summed E-state index contributed by atoms with van der Waals surface area (Å²) in [6, 6.07) is 8.36. The number of benzene rings is 1. The number of nitrogens with zero attached hydrogens (tertiary/aromatic N) is 1. The molecular formula is C8H8Cl3NO2. The largest absolute Gasteiger partial charge is 0.287 e. The molecule has 0 radical (unpaired) electrons. The van der Waals surface area contributed by atoms with Gasteiger partial charge in [-0.15, -0.1) is 42.2 Å². The van der Waals surface area contributed by atoms with E-state index >= 15 is 0 Å². The van der Waals surface area contributed by atoms with E-state index < -0.39 is 5.91 Å². The van der Waals surface area contributed by atoms with E-state index in [1.54, 1.807) is 30.3 Å². The molecule has 0 saturated carbocycles. The zero-order valence-corrected chi connectivity index (χ0v) is 9.32. The van der Waals surface area contributed by atoms with Crippen LogP contribution in [0.3, 0.4) is 0 Å². The van der Waals surface area contributed by atoms with Gasteiger partial charge in [-0.25, -0.2) is 4.79 Å². The maximum absolute atomic E-state index is 10.8. The third-order valence-electron chi connectivity index (χ3n) is 1.17. The van der Waals surface area contributed by atoms with E-state index in [2.05, 4.69) is 4.99 Å². The summed E-state index contributed by atoms with van der Waals surface area (Å²) in [6.45, 7) is 0. The van der Waals surface area contributed by atoms with E-state index in [1.165, 1.54) is 6.08 Å². The molecule has 78 valence electrons. The smallest absolute Gasteiger partial charge is 0.266 e. The maximum atomic E-state index is 10.8. The number of isocyanates is 1. The molecule has 0 heterocycles. The van der Waals surface area contributed by atoms with E-state index in [4.69, 9.17) is 0 Å². The number of amides is 1. The van der Waals surface area contributed by atoms with Gasteiger partial charge in [0.25, 0.3) is 5.91 Å². The molecule has 1 rings (SSSR count). The van der Waals surface area contributed by atoms with Crippen LogP contribution in [0.15, 0.2) is 35.3 Å². The van der Waals surface area contributed by atoms with Gasteiger partial charge in [0.15, 0.2) is 0 Å². The number of hydrogen-bond donors (Lipinski definition) is 0. The first kappa shape index (κ1) is 18.8. The highest BCUT2D eigenvalue weighted by molar-refractivity contribution is 5.97. The summed E-state index contributed by atoms with van der Waals surface area (Å²) >= 11 is 0. The molecule has 1 aromatic rings. The Balaban J connectivity index is -0.000000403. The fraction of sp³-hybridized carbons (Fsp3) is 0. The van der Waals surface area contributed by atoms with Crippen molar-refractivity contribution in [2.75, 3.05) is 0 Å². The summed E-state index contributed by atoms with van der Waals surface area (Å²) in [4.78, 5) is 23.4. The van der Waals surface area contributed by atoms with Crippen LogP contribution in [0, 0.1) is 0 Å². The van der Waals surface area contributed by atoms with Crippen molar-refractivity contribution in [3.8, 4) is 0 Å². The molecular weight excluding hydrogens is 248 g/mol. The zero-order chi connectivity index (χ0) is 8.10. The van der Waals surface area contributed by atoms with Crippen LogP contribution in [0.5, 0.6) is 0 Å². The summed E-state index contributed by atoms with van der Waals surface area (Å²) in [6.07, 6.45) is 1.19. The normalized spacial score (nSPS) is 6.57. The Hall–Kier alpha value is -0.860. The number of carbonyl (C=O) groups is 1. The van der Waals surface area contributed by atoms with Crippen LogP contribution in [-0.4, -0.2) is 12.0 Å². The lowest BCUT2D eigenvalue weighted by molar-refractivity contribution is 0.100. The van der Waals surface area contributed by atoms with Crippen molar-refractivity contribution < 1.29 is 9.59 Å². The van der Waals surface area contributed by atoms with Crippen LogP contribution in [0.2, 0.25) is 0 Å². The lowest BCUT2D eigenvalue weighted by Gasteiger charge is -1.88. The highest BCUT2D eigenvalue weighted by atomic mass is 35.5. The van der Waals surface area contributed by atoms with Gasteiger partial charge in [0, 0.05) is 5.56 Å². The zero-order valence-electron chi connectivity index (χ0n) is 6.88. The molecule has 1 amide bonds. The summed E-state index contributed by atoms with van der Waals surface area (Å²) in [5, 5.41) is 0. The molecule has 6 heteroatoms. The number of aliphatic imine (C=N–C) groups is 1. The van der Waals surface area contributed by atoms with E-state index in [9.17, 15) is 9.59 Å². The van der Waals surface area contributed by atoms with Crippen molar-refractivity contribution in [2.45, 2.75) is 0 Å². The van der Waals surface area contributed by atoms with Gasteiger partial charge in [-0.2, -0.15) is 0 Å². The van der Waals surface area contributed by atoms with Crippen molar-refractivity contribution in [2.24, 2.45) is 4.99 Å². The molecule has 0 atom stereocenters. The molecule has 0 bridgehead atoms. The Labute approximate surface area is 99.8 Å². The SMILES string of the molecule is Cl.Cl.Cl.O=C=NC(=O)c1ccccc1. The Morgan fingerprint density at radius 1 is 1.07 bits per heavy atom. The second-order valence-electron chi connectivity index (χ2n) is 1.87. The average molecular weight is 257 g/mol. The van der Waals surface area contributed by atoms with Gasteiger partial charge < -0.3 is 0 Å². The van der Waals surface area contributed by atoms with Gasteiger partial charge in [0.05, 0.1) is 0 Å². The van der Waals surface area contributed by atoms with Crippen LogP contribution in [0.4, 0.5) is 0 Å². The van der Waals surface area contributed by atoms with E-state index in [-0.39, 0.29) is 37.2 Å². The molecule has 0 fully saturated rings. The molecule has 0 saturated heterocycles. The molecule has 14 heavy (non-hydrogen) atoms. The minimum Gasteiger partial charge on any atom is -0.266 e. The Morgan fingerprint density at radius 3 is 2.00 bits per heavy atom. The van der Waals surface area contributed by atoms with Crippen molar-refractivity contribution in [1.29, 1.82) is 0 Å². The molecule has 0 aromatic heterocycles. The van der Waals surface area contributed by atoms with Crippen molar-refractivity contribution in [1.82, 2.24) is 0 Å². The molecule has 0 aliphatic heterocycles. The number of rotatable bonds is 1. The summed E-state index contributed by atoms with van der Waals surface area (Å²) in [5.41, 5.74) is 0.399. The monoisotopic (exact) mass is 255 g/mol. The third kappa shape index (κ3) is 5.73. The number of hydrogen-bond acceptors (Lipinski definition) is 2. The average Bonchev–Trinajstić information content (AvgIpc) is 2.07. The van der Waals surface area contributed by atoms with Crippen LogP contribution in [0.1, 0.15) is 10.4 Å². The Kier molecular flexibility index (Phi) is 13.8. The topological polar surface area (TPSA) is 46.5 Å². The fourth-order valence-electron chi connectivity index (χ4n) is 0.687. The van der Waals surface area contributed by atoms with Gasteiger partial charge in [-0.1, -0.05) is 18.2 Å². The number of halogens is 3. The first-order valence-corrected chi connectivity index (χ1v) is 3.02. The minimum absolute atomic E-state index is 0. The quantitative estimate of drug-likeness (QED) is 0.572. The van der Waals surface area contributed by atoms with E-state index in [1.807, 2.05) is 0 Å². The second-order valence-corrected chi connectivity index (χ2v) is 1.87. The molecule has 3 nitrogen and oxygen atoms in total. The first-order valence-electron chi connectivity index (χ1n) is 3.02. The molecule has 0 N–H and O–H groups in total. The van der Waals surface area contributed by atoms with Gasteiger partial charge in [0.1, 0.15) is 0 Å². The number of carbonyl (C=O) groups excluding carboxylic acids is 2. The predicted molar refractivity (Wildman–Crippen MR) is 60.6 cm³/mol. The van der Waals surface area contributed by atoms with Crippen LogP contribution < -0.4 is 0 Å². The van der Waals surface area contributed by atoms with Crippen molar-refractivity contribution >= 4 is 49.2 Å². The van der Waals surface area contributed by atoms with Gasteiger partial charge >= 0.3 is 0 Å². The van der Waals surface area contributed by atoms with Crippen LogP contribution in [0.25, 0.3) is 0 Å². The van der Waals surface area contributed by atoms with Gasteiger partial charge in [-0.3, -0.25) is 4.79 Å². The minimum atomic E-state index is -0.555. The summed E-state index contributed by atoms with van der Waals surface area (Å²) < 4.78 is 0. The van der Waals surface area contributed by atoms with Crippen LogP contribution in [-0.2, 0) is 4.79 Å². The fourth-order valence-corrected chi connectivity index (χ4v) is 0.687. The predicted octanol–water partition coefficient (Wildman–Crippen LogP) is 2.43. The third-order valence-corrected chi connectivity index (χ3v) is 1.17. The lowest BCUT2D eigenvalue weighted by Crippen LogP contribution is -1.92. The van der Waals surface area contributed by atoms with Crippen LogP contribution >= 0.6 is 37.2 Å². The molecule has 0 unspecified atom stereocenters. The Bertz CT molecular complexity index is 310. The summed E-state index contributed by atoms with van der Waals surface area (Å²) in [5.74, 6) is -0.555. The Morgan fingerprint density at radius 2 is 1.57 bits per heavy atom.